The molecule has 0 fully saturated rings. The molecule has 2 heterocycles. The summed E-state index contributed by atoms with van der Waals surface area (Å²) >= 11 is 3.42. The molecule has 0 aromatic carbocycles. The maximum atomic E-state index is 11.7. The number of aromatic nitrogens is 2. The smallest absolute Gasteiger partial charge is 0.220 e. The first-order chi connectivity index (χ1) is 10.2. The molecule has 21 heavy (non-hydrogen) atoms. The normalized spacial score (nSPS) is 10.5. The molecule has 0 aliphatic heterocycles. The van der Waals surface area contributed by atoms with Gasteiger partial charge in [-0.1, -0.05) is 6.07 Å². The number of carbonyl (C=O) groups is 1. The lowest BCUT2D eigenvalue weighted by Gasteiger charge is -2.04. The maximum absolute atomic E-state index is 11.7. The first-order valence-corrected chi connectivity index (χ1v) is 8.93. The van der Waals surface area contributed by atoms with Crippen LogP contribution in [0.3, 0.4) is 0 Å². The Morgan fingerprint density at radius 2 is 2.29 bits per heavy atom. The molecule has 0 bridgehead atoms. The topological polar surface area (TPSA) is 54.9 Å². The number of nitrogens with one attached hydrogen (secondary N) is 1. The Kier molecular flexibility index (Phi) is 6.69. The highest BCUT2D eigenvalue weighted by atomic mass is 32.2. The molecule has 6 heteroatoms. The third-order valence-corrected chi connectivity index (χ3v) is 4.63. The number of thioether (sulfide) groups is 1. The number of carbonyl (C=O) groups excluding carboxylic acids is 1. The number of nitrogens with zero attached hydrogens (tertiary/aromatic N) is 2. The summed E-state index contributed by atoms with van der Waals surface area (Å²) in [6.07, 6.45) is 3.10. The van der Waals surface area contributed by atoms with Crippen molar-refractivity contribution in [2.45, 2.75) is 25.5 Å². The molecule has 4 nitrogen and oxygen atoms in total. The minimum atomic E-state index is 0.105. The maximum Gasteiger partial charge on any atom is 0.220 e. The first-order valence-electron chi connectivity index (χ1n) is 6.89. The van der Waals surface area contributed by atoms with Gasteiger partial charge in [0, 0.05) is 48.2 Å². The molecule has 2 rings (SSSR count). The van der Waals surface area contributed by atoms with Crippen molar-refractivity contribution in [3.05, 3.63) is 46.2 Å². The molecule has 0 radical (unpaired) electrons. The molecule has 1 amide bonds. The fourth-order valence-electron chi connectivity index (χ4n) is 1.78. The lowest BCUT2D eigenvalue weighted by Crippen LogP contribution is -2.26. The van der Waals surface area contributed by atoms with Crippen LogP contribution < -0.4 is 5.32 Å². The van der Waals surface area contributed by atoms with Gasteiger partial charge in [-0.15, -0.1) is 11.3 Å². The van der Waals surface area contributed by atoms with Crippen LogP contribution in [0.5, 0.6) is 0 Å². The monoisotopic (exact) mass is 321 g/mol. The Balaban J connectivity index is 1.53. The van der Waals surface area contributed by atoms with E-state index in [0.29, 0.717) is 13.0 Å². The highest BCUT2D eigenvalue weighted by molar-refractivity contribution is 7.98. The minimum Gasteiger partial charge on any atom is -0.356 e. The third kappa shape index (κ3) is 6.27. The van der Waals surface area contributed by atoms with E-state index in [1.54, 1.807) is 29.3 Å². The number of hydrogen-bond acceptors (Lipinski definition) is 5. The van der Waals surface area contributed by atoms with E-state index in [2.05, 4.69) is 20.7 Å². The van der Waals surface area contributed by atoms with E-state index in [-0.39, 0.29) is 5.91 Å². The fourth-order valence-corrected chi connectivity index (χ4v) is 3.33. The van der Waals surface area contributed by atoms with E-state index in [1.165, 1.54) is 0 Å². The highest BCUT2D eigenvalue weighted by Crippen LogP contribution is 2.15. The van der Waals surface area contributed by atoms with Crippen molar-refractivity contribution in [1.29, 1.82) is 0 Å². The summed E-state index contributed by atoms with van der Waals surface area (Å²) in [4.78, 5) is 20.3. The van der Waals surface area contributed by atoms with Crippen molar-refractivity contribution >= 4 is 29.0 Å². The molecule has 0 spiro atoms. The second kappa shape index (κ2) is 8.79. The first kappa shape index (κ1) is 16.0. The van der Waals surface area contributed by atoms with Crippen LogP contribution in [0.25, 0.3) is 0 Å². The fraction of sp³-hybridized carbons (Fsp3) is 0.400. The Morgan fingerprint density at radius 3 is 3.00 bits per heavy atom. The molecule has 0 aliphatic carbocycles. The highest BCUT2D eigenvalue weighted by Gasteiger charge is 2.03. The average Bonchev–Trinajstić information content (AvgIpc) is 2.90. The average molecular weight is 321 g/mol. The summed E-state index contributed by atoms with van der Waals surface area (Å²) in [5.74, 6) is 1.81. The number of amides is 1. The predicted octanol–water partition coefficient (Wildman–Crippen LogP) is 2.83. The second-order valence-electron chi connectivity index (χ2n) is 4.58. The van der Waals surface area contributed by atoms with E-state index >= 15 is 0 Å². The number of hydrogen-bond donors (Lipinski definition) is 1. The summed E-state index contributed by atoms with van der Waals surface area (Å²) in [6.45, 7) is 2.65. The third-order valence-electron chi connectivity index (χ3n) is 2.82. The van der Waals surface area contributed by atoms with Crippen LogP contribution in [0.15, 0.2) is 29.8 Å². The summed E-state index contributed by atoms with van der Waals surface area (Å²) < 4.78 is 0. The van der Waals surface area contributed by atoms with Crippen LogP contribution in [0.1, 0.15) is 22.8 Å². The van der Waals surface area contributed by atoms with Gasteiger partial charge in [0.2, 0.25) is 5.91 Å². The summed E-state index contributed by atoms with van der Waals surface area (Å²) in [6, 6.07) is 5.82. The minimum absolute atomic E-state index is 0.105. The van der Waals surface area contributed by atoms with Gasteiger partial charge < -0.3 is 5.32 Å². The zero-order valence-corrected chi connectivity index (χ0v) is 13.7. The zero-order valence-electron chi connectivity index (χ0n) is 12.0. The quantitative estimate of drug-likeness (QED) is 0.760. The van der Waals surface area contributed by atoms with Crippen LogP contribution in [0.4, 0.5) is 0 Å². The lowest BCUT2D eigenvalue weighted by atomic mass is 10.2. The second-order valence-corrected chi connectivity index (χ2v) is 6.75. The molecule has 0 saturated heterocycles. The number of pyridine rings is 1. The SMILES string of the molecule is Cc1nc(CSCCC(=O)NCCc2ccccn2)cs1. The van der Waals surface area contributed by atoms with Gasteiger partial charge in [0.1, 0.15) is 0 Å². The van der Waals surface area contributed by atoms with Crippen molar-refractivity contribution in [2.75, 3.05) is 12.3 Å². The van der Waals surface area contributed by atoms with Gasteiger partial charge in [-0.05, 0) is 19.1 Å². The molecule has 2 aromatic rings. The van der Waals surface area contributed by atoms with E-state index in [9.17, 15) is 4.79 Å². The lowest BCUT2D eigenvalue weighted by molar-refractivity contribution is -0.120. The molecule has 0 saturated carbocycles. The number of thiazole rings is 1. The summed E-state index contributed by atoms with van der Waals surface area (Å²) in [7, 11) is 0. The van der Waals surface area contributed by atoms with Gasteiger partial charge in [-0.2, -0.15) is 11.8 Å². The van der Waals surface area contributed by atoms with Crippen molar-refractivity contribution in [2.24, 2.45) is 0 Å². The van der Waals surface area contributed by atoms with Crippen LogP contribution in [0, 0.1) is 6.92 Å². The Morgan fingerprint density at radius 1 is 1.38 bits per heavy atom. The van der Waals surface area contributed by atoms with Gasteiger partial charge in [-0.25, -0.2) is 4.98 Å². The Labute approximate surface area is 133 Å². The Bertz CT molecular complexity index is 557. The van der Waals surface area contributed by atoms with Crippen molar-refractivity contribution in [3.63, 3.8) is 0 Å². The molecular formula is C15H19N3OS2. The largest absolute Gasteiger partial charge is 0.356 e. The van der Waals surface area contributed by atoms with Gasteiger partial charge in [0.05, 0.1) is 10.7 Å². The van der Waals surface area contributed by atoms with E-state index in [0.717, 1.165) is 34.3 Å². The standard InChI is InChI=1S/C15H19N3OS2/c1-12-18-14(11-21-12)10-20-9-6-15(19)17-8-5-13-4-2-3-7-16-13/h2-4,7,11H,5-6,8-10H2,1H3,(H,17,19). The number of aryl methyl sites for hydroxylation is 1. The van der Waals surface area contributed by atoms with Gasteiger partial charge in [-0.3, -0.25) is 9.78 Å². The van der Waals surface area contributed by atoms with Gasteiger partial charge >= 0.3 is 0 Å². The summed E-state index contributed by atoms with van der Waals surface area (Å²) in [5, 5.41) is 6.10. The number of rotatable bonds is 8. The van der Waals surface area contributed by atoms with Crippen LogP contribution >= 0.6 is 23.1 Å². The molecule has 0 atom stereocenters. The molecule has 112 valence electrons. The van der Waals surface area contributed by atoms with Crippen LogP contribution in [0.2, 0.25) is 0 Å². The summed E-state index contributed by atoms with van der Waals surface area (Å²) in [5.41, 5.74) is 2.11. The molecular weight excluding hydrogens is 302 g/mol. The molecule has 0 unspecified atom stereocenters. The van der Waals surface area contributed by atoms with Crippen molar-refractivity contribution in [1.82, 2.24) is 15.3 Å². The molecule has 1 N–H and O–H groups in total. The van der Waals surface area contributed by atoms with Crippen LogP contribution in [-0.2, 0) is 17.0 Å². The van der Waals surface area contributed by atoms with Gasteiger partial charge in [0.25, 0.3) is 0 Å². The predicted molar refractivity (Wildman–Crippen MR) is 88.6 cm³/mol. The van der Waals surface area contributed by atoms with E-state index < -0.39 is 0 Å². The zero-order chi connectivity index (χ0) is 14.9. The van der Waals surface area contributed by atoms with E-state index in [1.807, 2.05) is 25.1 Å². The molecule has 0 aliphatic rings. The Hall–Kier alpha value is -1.40. The van der Waals surface area contributed by atoms with Gasteiger partial charge in [0.15, 0.2) is 0 Å². The van der Waals surface area contributed by atoms with E-state index in [4.69, 9.17) is 0 Å². The van der Waals surface area contributed by atoms with Crippen molar-refractivity contribution < 1.29 is 4.79 Å². The molecule has 2 aromatic heterocycles. The van der Waals surface area contributed by atoms with Crippen LogP contribution in [-0.4, -0.2) is 28.2 Å². The van der Waals surface area contributed by atoms with Crippen molar-refractivity contribution in [3.8, 4) is 0 Å².